The summed E-state index contributed by atoms with van der Waals surface area (Å²) in [7, 11) is 3.06. The topological polar surface area (TPSA) is 75.1 Å². The van der Waals surface area contributed by atoms with Gasteiger partial charge in [-0.2, -0.15) is 5.26 Å². The van der Waals surface area contributed by atoms with Crippen molar-refractivity contribution in [3.8, 4) is 17.6 Å². The largest absolute Gasteiger partial charge is 0.496 e. The first kappa shape index (κ1) is 12.0. The summed E-state index contributed by atoms with van der Waals surface area (Å²) in [4.78, 5) is 14.4. The Balaban J connectivity index is 3.04. The summed E-state index contributed by atoms with van der Waals surface area (Å²) in [5, 5.41) is 9.69. The highest BCUT2D eigenvalue weighted by atomic mass is 16.5. The van der Waals surface area contributed by atoms with Gasteiger partial charge >= 0.3 is 0 Å². The van der Waals surface area contributed by atoms with Crippen LogP contribution in [0.5, 0.6) is 11.5 Å². The molecular weight excluding hydrogens is 232 g/mol. The molecule has 0 aliphatic carbocycles. The minimum atomic E-state index is -0.422. The van der Waals surface area contributed by atoms with Crippen molar-refractivity contribution in [3.63, 3.8) is 0 Å². The number of pyridine rings is 1. The van der Waals surface area contributed by atoms with E-state index in [1.807, 2.05) is 6.07 Å². The molecule has 0 atom stereocenters. The molecule has 2 rings (SSSR count). The molecule has 0 unspecified atom stereocenters. The van der Waals surface area contributed by atoms with Crippen LogP contribution >= 0.6 is 0 Å². The number of fused-ring (bicyclic) bond motifs is 1. The molecule has 1 heterocycles. The number of methoxy groups -OCH3 is 2. The SMILES string of the molecule is COc1ccc(OC)c2c(C)c(C#N)c(=O)[nH]c12. The summed E-state index contributed by atoms with van der Waals surface area (Å²) in [5.41, 5.74) is 0.799. The van der Waals surface area contributed by atoms with Gasteiger partial charge in [0.1, 0.15) is 23.1 Å². The highest BCUT2D eigenvalue weighted by Gasteiger charge is 2.15. The molecule has 2 aromatic rings. The Morgan fingerprint density at radius 2 is 1.83 bits per heavy atom. The molecule has 18 heavy (non-hydrogen) atoms. The van der Waals surface area contributed by atoms with E-state index < -0.39 is 5.56 Å². The van der Waals surface area contributed by atoms with Gasteiger partial charge in [0, 0.05) is 5.39 Å². The van der Waals surface area contributed by atoms with Crippen molar-refractivity contribution in [2.24, 2.45) is 0 Å². The average Bonchev–Trinajstić information content (AvgIpc) is 2.37. The van der Waals surface area contributed by atoms with Crippen molar-refractivity contribution >= 4 is 10.9 Å². The highest BCUT2D eigenvalue weighted by Crippen LogP contribution is 2.33. The van der Waals surface area contributed by atoms with Crippen LogP contribution in [0.15, 0.2) is 16.9 Å². The van der Waals surface area contributed by atoms with Crippen LogP contribution < -0.4 is 15.0 Å². The summed E-state index contributed by atoms with van der Waals surface area (Å²) < 4.78 is 10.5. The van der Waals surface area contributed by atoms with Gasteiger partial charge in [0.2, 0.25) is 0 Å². The number of hydrogen-bond donors (Lipinski definition) is 1. The Kier molecular flexibility index (Phi) is 2.94. The summed E-state index contributed by atoms with van der Waals surface area (Å²) in [6.07, 6.45) is 0. The lowest BCUT2D eigenvalue weighted by Gasteiger charge is -2.12. The van der Waals surface area contributed by atoms with Crippen LogP contribution in [0.4, 0.5) is 0 Å². The van der Waals surface area contributed by atoms with Gasteiger partial charge in [-0.25, -0.2) is 0 Å². The lowest BCUT2D eigenvalue weighted by Crippen LogP contribution is -2.13. The number of aromatic amines is 1. The fourth-order valence-electron chi connectivity index (χ4n) is 2.01. The van der Waals surface area contributed by atoms with Crippen molar-refractivity contribution in [1.82, 2.24) is 4.98 Å². The summed E-state index contributed by atoms with van der Waals surface area (Å²) >= 11 is 0. The molecule has 1 N–H and O–H groups in total. The van der Waals surface area contributed by atoms with Crippen LogP contribution in [0.1, 0.15) is 11.1 Å². The molecule has 0 saturated carbocycles. The third-order valence-corrected chi connectivity index (χ3v) is 2.90. The molecule has 0 fully saturated rings. The number of aromatic nitrogens is 1. The zero-order valence-electron chi connectivity index (χ0n) is 10.3. The van der Waals surface area contributed by atoms with Gasteiger partial charge in [0.25, 0.3) is 5.56 Å². The predicted molar refractivity (Wildman–Crippen MR) is 67.1 cm³/mol. The molecule has 0 aliphatic heterocycles. The second kappa shape index (κ2) is 4.41. The van der Waals surface area contributed by atoms with E-state index in [4.69, 9.17) is 14.7 Å². The van der Waals surface area contributed by atoms with E-state index in [1.165, 1.54) is 14.2 Å². The predicted octanol–water partition coefficient (Wildman–Crippen LogP) is 1.73. The van der Waals surface area contributed by atoms with E-state index in [2.05, 4.69) is 4.98 Å². The number of hydrogen-bond acceptors (Lipinski definition) is 4. The van der Waals surface area contributed by atoms with E-state index in [1.54, 1.807) is 19.1 Å². The molecule has 0 aliphatic rings. The Morgan fingerprint density at radius 1 is 1.22 bits per heavy atom. The molecule has 0 amide bonds. The van der Waals surface area contributed by atoms with Gasteiger partial charge in [0.15, 0.2) is 0 Å². The molecule has 1 aromatic heterocycles. The van der Waals surface area contributed by atoms with E-state index in [0.29, 0.717) is 28.0 Å². The highest BCUT2D eigenvalue weighted by molar-refractivity contribution is 5.93. The third kappa shape index (κ3) is 1.59. The number of aryl methyl sites for hydroxylation is 1. The fraction of sp³-hybridized carbons (Fsp3) is 0.231. The van der Waals surface area contributed by atoms with Gasteiger partial charge in [-0.05, 0) is 24.6 Å². The first-order valence-electron chi connectivity index (χ1n) is 5.31. The van der Waals surface area contributed by atoms with Crippen LogP contribution in [0.3, 0.4) is 0 Å². The first-order chi connectivity index (χ1) is 8.63. The molecule has 0 saturated heterocycles. The van der Waals surface area contributed by atoms with Crippen molar-refractivity contribution in [3.05, 3.63) is 33.6 Å². The van der Waals surface area contributed by atoms with Crippen molar-refractivity contribution in [1.29, 1.82) is 5.26 Å². The third-order valence-electron chi connectivity index (χ3n) is 2.90. The minimum absolute atomic E-state index is 0.0917. The average molecular weight is 244 g/mol. The van der Waals surface area contributed by atoms with E-state index in [9.17, 15) is 4.79 Å². The molecule has 0 spiro atoms. The molecule has 0 bridgehead atoms. The van der Waals surface area contributed by atoms with Crippen molar-refractivity contribution < 1.29 is 9.47 Å². The summed E-state index contributed by atoms with van der Waals surface area (Å²) in [6.45, 7) is 1.72. The van der Waals surface area contributed by atoms with Crippen LogP contribution in [-0.4, -0.2) is 19.2 Å². The Morgan fingerprint density at radius 3 is 2.39 bits per heavy atom. The number of nitrogens with one attached hydrogen (secondary N) is 1. The maximum atomic E-state index is 11.8. The number of nitriles is 1. The molecule has 92 valence electrons. The zero-order chi connectivity index (χ0) is 13.3. The van der Waals surface area contributed by atoms with Crippen molar-refractivity contribution in [2.75, 3.05) is 14.2 Å². The normalized spacial score (nSPS) is 10.1. The maximum absolute atomic E-state index is 11.8. The molecule has 0 radical (unpaired) electrons. The van der Waals surface area contributed by atoms with Gasteiger partial charge in [-0.3, -0.25) is 4.79 Å². The van der Waals surface area contributed by atoms with Gasteiger partial charge in [-0.15, -0.1) is 0 Å². The number of benzene rings is 1. The molecular formula is C13H12N2O3. The van der Waals surface area contributed by atoms with Gasteiger partial charge in [0.05, 0.1) is 19.7 Å². The van der Waals surface area contributed by atoms with E-state index in [0.717, 1.165) is 0 Å². The Bertz CT molecular complexity index is 711. The minimum Gasteiger partial charge on any atom is -0.496 e. The number of ether oxygens (including phenoxy) is 2. The number of H-pyrrole nitrogens is 1. The standard InChI is InChI=1S/C13H12N2O3/c1-7-8(6-14)13(16)15-12-10(18-3)5-4-9(17-2)11(7)12/h4-5H,1-3H3,(H,15,16). The van der Waals surface area contributed by atoms with Crippen LogP contribution in [0, 0.1) is 18.3 Å². The summed E-state index contributed by atoms with van der Waals surface area (Å²) in [5.74, 6) is 1.13. The molecule has 1 aromatic carbocycles. The second-order valence-corrected chi connectivity index (χ2v) is 3.79. The Hall–Kier alpha value is -2.48. The number of nitrogens with zero attached hydrogens (tertiary/aromatic N) is 1. The molecule has 5 heteroatoms. The van der Waals surface area contributed by atoms with Crippen LogP contribution in [0.25, 0.3) is 10.9 Å². The van der Waals surface area contributed by atoms with Crippen molar-refractivity contribution in [2.45, 2.75) is 6.92 Å². The van der Waals surface area contributed by atoms with Crippen LogP contribution in [-0.2, 0) is 0 Å². The van der Waals surface area contributed by atoms with Gasteiger partial charge in [-0.1, -0.05) is 0 Å². The summed E-state index contributed by atoms with van der Waals surface area (Å²) in [6, 6.07) is 5.36. The lowest BCUT2D eigenvalue weighted by molar-refractivity contribution is 0.409. The maximum Gasteiger partial charge on any atom is 0.266 e. The quantitative estimate of drug-likeness (QED) is 0.872. The Labute approximate surface area is 104 Å². The first-order valence-corrected chi connectivity index (χ1v) is 5.31. The zero-order valence-corrected chi connectivity index (χ0v) is 10.3. The van der Waals surface area contributed by atoms with E-state index >= 15 is 0 Å². The fourth-order valence-corrected chi connectivity index (χ4v) is 2.01. The second-order valence-electron chi connectivity index (χ2n) is 3.79. The smallest absolute Gasteiger partial charge is 0.266 e. The number of rotatable bonds is 2. The van der Waals surface area contributed by atoms with Crippen LogP contribution in [0.2, 0.25) is 0 Å². The monoisotopic (exact) mass is 244 g/mol. The van der Waals surface area contributed by atoms with E-state index in [-0.39, 0.29) is 5.56 Å². The lowest BCUT2D eigenvalue weighted by atomic mass is 10.0. The molecule has 5 nitrogen and oxygen atoms in total. The van der Waals surface area contributed by atoms with Gasteiger partial charge < -0.3 is 14.5 Å².